The van der Waals surface area contributed by atoms with Crippen LogP contribution in [0.2, 0.25) is 5.02 Å². The second-order valence-electron chi connectivity index (χ2n) is 6.82. The first-order valence-corrected chi connectivity index (χ1v) is 10.5. The Morgan fingerprint density at radius 1 is 1.03 bits per heavy atom. The first-order chi connectivity index (χ1) is 14.0. The van der Waals surface area contributed by atoms with E-state index in [2.05, 4.69) is 47.0 Å². The minimum atomic E-state index is -0.217. The van der Waals surface area contributed by atoms with E-state index in [9.17, 15) is 4.79 Å². The maximum Gasteiger partial charge on any atom is 0.282 e. The van der Waals surface area contributed by atoms with E-state index in [1.54, 1.807) is 10.8 Å². The van der Waals surface area contributed by atoms with Gasteiger partial charge in [0.05, 0.1) is 6.54 Å². The summed E-state index contributed by atoms with van der Waals surface area (Å²) in [6, 6.07) is 13.9. The minimum Gasteiger partial charge on any atom is -0.281 e. The lowest BCUT2D eigenvalue weighted by atomic mass is 10.1. The summed E-state index contributed by atoms with van der Waals surface area (Å²) in [6.07, 6.45) is 3.06. The van der Waals surface area contributed by atoms with Crippen molar-refractivity contribution in [2.24, 2.45) is 0 Å². The number of thioether (sulfide) groups is 1. The van der Waals surface area contributed by atoms with E-state index in [1.807, 2.05) is 24.3 Å². The topological polar surface area (TPSA) is 60.7 Å². The highest BCUT2D eigenvalue weighted by atomic mass is 35.5. The third-order valence-electron chi connectivity index (χ3n) is 4.70. The summed E-state index contributed by atoms with van der Waals surface area (Å²) in [6.45, 7) is 4.50. The lowest BCUT2D eigenvalue weighted by Gasteiger charge is -2.14. The molecule has 5 nitrogen and oxygen atoms in total. The number of nitrogens with zero attached hydrogens (tertiary/aromatic N) is 4. The molecule has 0 saturated carbocycles. The van der Waals surface area contributed by atoms with Crippen LogP contribution in [0.4, 0.5) is 0 Å². The van der Waals surface area contributed by atoms with E-state index in [4.69, 9.17) is 11.6 Å². The largest absolute Gasteiger partial charge is 0.282 e. The lowest BCUT2D eigenvalue weighted by molar-refractivity contribution is 0.654. The molecule has 0 fully saturated rings. The standard InChI is InChI=1S/C22H19ClN4OS/c1-14-7-8-17(15(2)11-14)13-29-22-26-20-19(24-9-10-25-20)21(28)27(22)12-16-5-3-4-6-18(16)23/h3-11H,12-13H2,1-2H3. The molecule has 4 aromatic rings. The highest BCUT2D eigenvalue weighted by Gasteiger charge is 2.15. The van der Waals surface area contributed by atoms with Gasteiger partial charge < -0.3 is 0 Å². The highest BCUT2D eigenvalue weighted by molar-refractivity contribution is 7.98. The van der Waals surface area contributed by atoms with Crippen LogP contribution in [-0.4, -0.2) is 19.5 Å². The van der Waals surface area contributed by atoms with Crippen molar-refractivity contribution in [3.8, 4) is 0 Å². The minimum absolute atomic E-state index is 0.217. The number of halogens is 1. The molecule has 0 unspecified atom stereocenters. The summed E-state index contributed by atoms with van der Waals surface area (Å²) < 4.78 is 1.63. The molecule has 0 atom stereocenters. The van der Waals surface area contributed by atoms with E-state index >= 15 is 0 Å². The van der Waals surface area contributed by atoms with Gasteiger partial charge in [-0.15, -0.1) is 0 Å². The molecule has 0 radical (unpaired) electrons. The predicted octanol–water partition coefficient (Wildman–Crippen LogP) is 4.80. The third kappa shape index (κ3) is 4.18. The van der Waals surface area contributed by atoms with Crippen LogP contribution in [0.5, 0.6) is 0 Å². The Labute approximate surface area is 177 Å². The van der Waals surface area contributed by atoms with Crippen molar-refractivity contribution < 1.29 is 0 Å². The van der Waals surface area contributed by atoms with Crippen LogP contribution in [0.15, 0.2) is 64.8 Å². The number of fused-ring (bicyclic) bond motifs is 1. The number of aryl methyl sites for hydroxylation is 2. The van der Waals surface area contributed by atoms with Gasteiger partial charge in [0.2, 0.25) is 0 Å². The number of aromatic nitrogens is 4. The molecular formula is C22H19ClN4OS. The van der Waals surface area contributed by atoms with Crippen LogP contribution in [0.1, 0.15) is 22.3 Å². The van der Waals surface area contributed by atoms with Gasteiger partial charge in [0.15, 0.2) is 16.3 Å². The average molecular weight is 423 g/mol. The van der Waals surface area contributed by atoms with Crippen molar-refractivity contribution >= 4 is 34.5 Å². The summed E-state index contributed by atoms with van der Waals surface area (Å²) in [5.41, 5.74) is 4.91. The SMILES string of the molecule is Cc1ccc(CSc2nc3nccnc3c(=O)n2Cc2ccccc2Cl)c(C)c1. The molecule has 146 valence electrons. The van der Waals surface area contributed by atoms with Crippen LogP contribution in [0.25, 0.3) is 11.2 Å². The van der Waals surface area contributed by atoms with Crippen LogP contribution in [0.3, 0.4) is 0 Å². The summed E-state index contributed by atoms with van der Waals surface area (Å²) in [7, 11) is 0. The maximum atomic E-state index is 13.2. The van der Waals surface area contributed by atoms with Crippen molar-refractivity contribution in [1.82, 2.24) is 19.5 Å². The zero-order chi connectivity index (χ0) is 20.4. The van der Waals surface area contributed by atoms with Gasteiger partial charge in [-0.2, -0.15) is 0 Å². The molecule has 0 saturated heterocycles. The molecule has 0 spiro atoms. The van der Waals surface area contributed by atoms with Gasteiger partial charge in [-0.1, -0.05) is 65.3 Å². The van der Waals surface area contributed by atoms with Gasteiger partial charge in [0.25, 0.3) is 5.56 Å². The molecule has 0 bridgehead atoms. The Morgan fingerprint density at radius 3 is 2.62 bits per heavy atom. The Hall–Kier alpha value is -2.70. The predicted molar refractivity (Wildman–Crippen MR) is 118 cm³/mol. The monoisotopic (exact) mass is 422 g/mol. The third-order valence-corrected chi connectivity index (χ3v) is 6.09. The van der Waals surface area contributed by atoms with Crippen LogP contribution in [-0.2, 0) is 12.3 Å². The number of hydrogen-bond acceptors (Lipinski definition) is 5. The smallest absolute Gasteiger partial charge is 0.281 e. The van der Waals surface area contributed by atoms with Crippen molar-refractivity contribution in [2.75, 3.05) is 0 Å². The van der Waals surface area contributed by atoms with E-state index in [0.717, 1.165) is 5.56 Å². The van der Waals surface area contributed by atoms with Gasteiger partial charge in [0, 0.05) is 23.2 Å². The molecule has 0 N–H and O–H groups in total. The number of benzene rings is 2. The highest BCUT2D eigenvalue weighted by Crippen LogP contribution is 2.25. The van der Waals surface area contributed by atoms with Gasteiger partial charge >= 0.3 is 0 Å². The molecule has 0 aliphatic rings. The molecule has 7 heteroatoms. The van der Waals surface area contributed by atoms with Crippen molar-refractivity contribution in [3.05, 3.63) is 92.5 Å². The summed E-state index contributed by atoms with van der Waals surface area (Å²) in [4.78, 5) is 26.2. The molecule has 4 rings (SSSR count). The van der Waals surface area contributed by atoms with E-state index < -0.39 is 0 Å². The van der Waals surface area contributed by atoms with E-state index in [0.29, 0.717) is 28.1 Å². The van der Waals surface area contributed by atoms with Crippen LogP contribution >= 0.6 is 23.4 Å². The molecule has 2 heterocycles. The zero-order valence-electron chi connectivity index (χ0n) is 16.1. The van der Waals surface area contributed by atoms with Gasteiger partial charge in [0.1, 0.15) is 0 Å². The van der Waals surface area contributed by atoms with Crippen molar-refractivity contribution in [3.63, 3.8) is 0 Å². The van der Waals surface area contributed by atoms with Gasteiger partial charge in [-0.25, -0.2) is 15.0 Å². The maximum absolute atomic E-state index is 13.2. The van der Waals surface area contributed by atoms with Crippen molar-refractivity contribution in [1.29, 1.82) is 0 Å². The molecule has 2 aromatic heterocycles. The zero-order valence-corrected chi connectivity index (χ0v) is 17.7. The molecular weight excluding hydrogens is 404 g/mol. The van der Waals surface area contributed by atoms with Crippen LogP contribution in [0, 0.1) is 13.8 Å². The Morgan fingerprint density at radius 2 is 1.83 bits per heavy atom. The molecule has 0 aliphatic heterocycles. The normalized spacial score (nSPS) is 11.1. The fourth-order valence-corrected chi connectivity index (χ4v) is 4.38. The second-order valence-corrected chi connectivity index (χ2v) is 8.17. The number of hydrogen-bond donors (Lipinski definition) is 0. The summed E-state index contributed by atoms with van der Waals surface area (Å²) in [5.74, 6) is 0.701. The Balaban J connectivity index is 1.76. The summed E-state index contributed by atoms with van der Waals surface area (Å²) in [5, 5.41) is 1.21. The van der Waals surface area contributed by atoms with Gasteiger partial charge in [-0.3, -0.25) is 9.36 Å². The van der Waals surface area contributed by atoms with E-state index in [1.165, 1.54) is 34.6 Å². The molecule has 0 amide bonds. The lowest BCUT2D eigenvalue weighted by Crippen LogP contribution is -2.25. The Bertz CT molecular complexity index is 1260. The molecule has 2 aromatic carbocycles. The second kappa shape index (κ2) is 8.35. The van der Waals surface area contributed by atoms with Crippen LogP contribution < -0.4 is 5.56 Å². The summed E-state index contributed by atoms with van der Waals surface area (Å²) >= 11 is 7.85. The molecule has 29 heavy (non-hydrogen) atoms. The van der Waals surface area contributed by atoms with Gasteiger partial charge in [-0.05, 0) is 36.6 Å². The van der Waals surface area contributed by atoms with Crippen molar-refractivity contribution in [2.45, 2.75) is 31.3 Å². The molecule has 0 aliphatic carbocycles. The fraction of sp³-hybridized carbons (Fsp3) is 0.182. The quantitative estimate of drug-likeness (QED) is 0.341. The first kappa shape index (κ1) is 19.6. The average Bonchev–Trinajstić information content (AvgIpc) is 2.71. The first-order valence-electron chi connectivity index (χ1n) is 9.17. The number of rotatable bonds is 5. The van der Waals surface area contributed by atoms with E-state index in [-0.39, 0.29) is 11.1 Å². The Kier molecular flexibility index (Phi) is 5.65. The fourth-order valence-electron chi connectivity index (χ4n) is 3.13.